The number of fused-ring (bicyclic) bond motifs is 2. The van der Waals surface area contributed by atoms with E-state index in [-0.39, 0.29) is 17.1 Å². The monoisotopic (exact) mass is 396 g/mol. The first-order valence-electron chi connectivity index (χ1n) is 9.07. The summed E-state index contributed by atoms with van der Waals surface area (Å²) in [6.45, 7) is 3.54. The predicted molar refractivity (Wildman–Crippen MR) is 107 cm³/mol. The number of rotatable bonds is 4. The van der Waals surface area contributed by atoms with E-state index in [9.17, 15) is 14.4 Å². The van der Waals surface area contributed by atoms with Gasteiger partial charge in [-0.05, 0) is 18.2 Å². The Morgan fingerprint density at radius 1 is 1.24 bits per heavy atom. The van der Waals surface area contributed by atoms with Crippen LogP contribution in [0.2, 0.25) is 0 Å². The molecule has 0 bridgehead atoms. The number of aryl methyl sites for hydroxylation is 2. The smallest absolute Gasteiger partial charge is 0.332 e. The third-order valence-corrected chi connectivity index (χ3v) is 4.68. The highest BCUT2D eigenvalue weighted by Gasteiger charge is 2.17. The Morgan fingerprint density at radius 2 is 2.00 bits per heavy atom. The van der Waals surface area contributed by atoms with E-state index in [1.807, 2.05) is 13.8 Å². The Labute approximate surface area is 164 Å². The zero-order chi connectivity index (χ0) is 20.9. The van der Waals surface area contributed by atoms with Gasteiger partial charge in [-0.15, -0.1) is 0 Å². The van der Waals surface area contributed by atoms with Crippen molar-refractivity contribution in [3.8, 4) is 0 Å². The van der Waals surface area contributed by atoms with Crippen LogP contribution in [0.1, 0.15) is 25.7 Å². The number of hydrogen-bond donors (Lipinski definition) is 1. The molecule has 0 atom stereocenters. The number of amides is 1. The number of carbonyl (C=O) groups excluding carboxylic acids is 1. The van der Waals surface area contributed by atoms with Crippen molar-refractivity contribution in [1.82, 2.24) is 23.7 Å². The molecule has 0 fully saturated rings. The van der Waals surface area contributed by atoms with Gasteiger partial charge in [-0.1, -0.05) is 13.8 Å². The fourth-order valence-corrected chi connectivity index (χ4v) is 3.15. The van der Waals surface area contributed by atoms with Gasteiger partial charge in [0, 0.05) is 25.7 Å². The summed E-state index contributed by atoms with van der Waals surface area (Å²) < 4.78 is 9.32. The Balaban J connectivity index is 1.63. The number of nitrogens with one attached hydrogen (secondary N) is 1. The molecule has 0 aliphatic heterocycles. The Kier molecular flexibility index (Phi) is 4.33. The first kappa shape index (κ1) is 18.7. The maximum absolute atomic E-state index is 12.7. The van der Waals surface area contributed by atoms with E-state index < -0.39 is 23.7 Å². The summed E-state index contributed by atoms with van der Waals surface area (Å²) in [7, 11) is 3.17. The highest BCUT2D eigenvalue weighted by atomic mass is 16.3. The summed E-state index contributed by atoms with van der Waals surface area (Å²) in [4.78, 5) is 46.2. The lowest BCUT2D eigenvalue weighted by Gasteiger charge is -2.09. The minimum absolute atomic E-state index is 0.144. The molecule has 1 N–H and O–H groups in total. The van der Waals surface area contributed by atoms with Crippen molar-refractivity contribution in [3.05, 3.63) is 51.3 Å². The second kappa shape index (κ2) is 6.73. The van der Waals surface area contributed by atoms with Gasteiger partial charge in [0.15, 0.2) is 22.6 Å². The van der Waals surface area contributed by atoms with E-state index in [2.05, 4.69) is 15.3 Å². The van der Waals surface area contributed by atoms with Gasteiger partial charge >= 0.3 is 5.69 Å². The van der Waals surface area contributed by atoms with Gasteiger partial charge in [0.05, 0.1) is 6.33 Å². The SMILES string of the molecule is CC(C)c1nc2cc(NC(=O)Cn3c(=O)c4c(ncn4C)n(C)c3=O)ccc2o1. The maximum Gasteiger partial charge on any atom is 0.332 e. The molecule has 3 heterocycles. The summed E-state index contributed by atoms with van der Waals surface area (Å²) >= 11 is 0. The number of anilines is 1. The van der Waals surface area contributed by atoms with Gasteiger partial charge in [-0.3, -0.25) is 14.2 Å². The highest BCUT2D eigenvalue weighted by Crippen LogP contribution is 2.23. The molecular formula is C19H20N6O4. The van der Waals surface area contributed by atoms with Crippen LogP contribution in [0.3, 0.4) is 0 Å². The quantitative estimate of drug-likeness (QED) is 0.556. The minimum Gasteiger partial charge on any atom is -0.440 e. The molecule has 0 aliphatic carbocycles. The number of nitrogens with zero attached hydrogens (tertiary/aromatic N) is 5. The van der Waals surface area contributed by atoms with E-state index >= 15 is 0 Å². The summed E-state index contributed by atoms with van der Waals surface area (Å²) in [5.41, 5.74) is 1.10. The number of carbonyl (C=O) groups is 1. The summed E-state index contributed by atoms with van der Waals surface area (Å²) in [6.07, 6.45) is 1.45. The summed E-state index contributed by atoms with van der Waals surface area (Å²) in [6, 6.07) is 5.09. The van der Waals surface area contributed by atoms with Crippen molar-refractivity contribution >= 4 is 33.9 Å². The summed E-state index contributed by atoms with van der Waals surface area (Å²) in [5.74, 6) is 0.256. The number of benzene rings is 1. The average Bonchev–Trinajstić information content (AvgIpc) is 3.27. The Hall–Kier alpha value is -3.69. The van der Waals surface area contributed by atoms with Gasteiger partial charge in [0.1, 0.15) is 12.1 Å². The van der Waals surface area contributed by atoms with Crippen molar-refractivity contribution in [2.24, 2.45) is 14.1 Å². The van der Waals surface area contributed by atoms with Gasteiger partial charge in [0.25, 0.3) is 5.56 Å². The third-order valence-electron chi connectivity index (χ3n) is 4.68. The van der Waals surface area contributed by atoms with Crippen LogP contribution >= 0.6 is 0 Å². The van der Waals surface area contributed by atoms with Crippen LogP contribution < -0.4 is 16.6 Å². The number of imidazole rings is 1. The molecule has 3 aromatic heterocycles. The number of hydrogen-bond acceptors (Lipinski definition) is 6. The van der Waals surface area contributed by atoms with Crippen LogP contribution in [-0.2, 0) is 25.4 Å². The Bertz CT molecular complexity index is 1370. The molecule has 0 saturated heterocycles. The highest BCUT2D eigenvalue weighted by molar-refractivity contribution is 5.92. The zero-order valence-electron chi connectivity index (χ0n) is 16.5. The van der Waals surface area contributed by atoms with E-state index in [1.54, 1.807) is 25.2 Å². The molecule has 1 amide bonds. The second-order valence-electron chi connectivity index (χ2n) is 7.20. The largest absolute Gasteiger partial charge is 0.440 e. The molecular weight excluding hydrogens is 376 g/mol. The topological polar surface area (TPSA) is 117 Å². The molecule has 0 radical (unpaired) electrons. The predicted octanol–water partition coefficient (Wildman–Crippen LogP) is 1.34. The molecule has 4 aromatic rings. The lowest BCUT2D eigenvalue weighted by Crippen LogP contribution is -2.42. The van der Waals surface area contributed by atoms with Crippen molar-refractivity contribution in [1.29, 1.82) is 0 Å². The molecule has 0 unspecified atom stereocenters. The molecule has 0 spiro atoms. The van der Waals surface area contributed by atoms with Crippen LogP contribution in [-0.4, -0.2) is 29.6 Å². The minimum atomic E-state index is -0.607. The van der Waals surface area contributed by atoms with Crippen molar-refractivity contribution in [2.75, 3.05) is 5.32 Å². The molecule has 4 rings (SSSR count). The van der Waals surface area contributed by atoms with E-state index in [0.29, 0.717) is 22.7 Å². The third kappa shape index (κ3) is 3.12. The van der Waals surface area contributed by atoms with Crippen LogP contribution in [0.4, 0.5) is 5.69 Å². The first-order valence-corrected chi connectivity index (χ1v) is 9.07. The lowest BCUT2D eigenvalue weighted by atomic mass is 10.2. The second-order valence-corrected chi connectivity index (χ2v) is 7.20. The van der Waals surface area contributed by atoms with E-state index in [1.165, 1.54) is 22.5 Å². The summed E-state index contributed by atoms with van der Waals surface area (Å²) in [5, 5.41) is 2.70. The van der Waals surface area contributed by atoms with Gasteiger partial charge in [0.2, 0.25) is 5.91 Å². The number of oxazole rings is 1. The fraction of sp³-hybridized carbons (Fsp3) is 0.316. The van der Waals surface area contributed by atoms with Gasteiger partial charge in [-0.25, -0.2) is 19.3 Å². The van der Waals surface area contributed by atoms with Crippen LogP contribution in [0.15, 0.2) is 38.5 Å². The first-order chi connectivity index (χ1) is 13.8. The molecule has 1 aromatic carbocycles. The van der Waals surface area contributed by atoms with Gasteiger partial charge < -0.3 is 14.3 Å². The van der Waals surface area contributed by atoms with Crippen LogP contribution in [0.25, 0.3) is 22.3 Å². The average molecular weight is 396 g/mol. The van der Waals surface area contributed by atoms with E-state index in [4.69, 9.17) is 4.42 Å². The standard InChI is InChI=1S/C19H20N6O4/c1-10(2)17-22-12-7-11(5-6-13(12)29-17)21-14(26)8-25-18(27)15-16(20-9-23(15)3)24(4)19(25)28/h5-7,9-10H,8H2,1-4H3,(H,21,26). The normalized spacial score (nSPS) is 11.6. The number of aromatic nitrogens is 5. The molecule has 150 valence electrons. The van der Waals surface area contributed by atoms with E-state index in [0.717, 1.165) is 4.57 Å². The fourth-order valence-electron chi connectivity index (χ4n) is 3.15. The molecule has 10 nitrogen and oxygen atoms in total. The Morgan fingerprint density at radius 3 is 2.72 bits per heavy atom. The lowest BCUT2D eigenvalue weighted by molar-refractivity contribution is -0.116. The van der Waals surface area contributed by atoms with Crippen molar-refractivity contribution in [2.45, 2.75) is 26.3 Å². The zero-order valence-corrected chi connectivity index (χ0v) is 16.5. The maximum atomic E-state index is 12.7. The molecule has 10 heteroatoms. The molecule has 0 aliphatic rings. The molecule has 0 saturated carbocycles. The van der Waals surface area contributed by atoms with Crippen molar-refractivity contribution < 1.29 is 9.21 Å². The van der Waals surface area contributed by atoms with Crippen LogP contribution in [0, 0.1) is 0 Å². The molecule has 29 heavy (non-hydrogen) atoms. The van der Waals surface area contributed by atoms with Crippen molar-refractivity contribution in [3.63, 3.8) is 0 Å². The van der Waals surface area contributed by atoms with Crippen LogP contribution in [0.5, 0.6) is 0 Å². The van der Waals surface area contributed by atoms with Gasteiger partial charge in [-0.2, -0.15) is 0 Å².